The van der Waals surface area contributed by atoms with E-state index in [0.717, 1.165) is 0 Å². The smallest absolute Gasteiger partial charge is 0.222 e. The highest BCUT2D eigenvalue weighted by Crippen LogP contribution is 2.17. The van der Waals surface area contributed by atoms with Crippen molar-refractivity contribution in [2.24, 2.45) is 11.7 Å². The van der Waals surface area contributed by atoms with Crippen LogP contribution in [0, 0.1) is 17.2 Å². The van der Waals surface area contributed by atoms with Crippen molar-refractivity contribution in [3.05, 3.63) is 24.0 Å². The van der Waals surface area contributed by atoms with Gasteiger partial charge in [0.25, 0.3) is 0 Å². The Labute approximate surface area is 124 Å². The number of rotatable bonds is 5. The van der Waals surface area contributed by atoms with Gasteiger partial charge in [-0.05, 0) is 31.4 Å². The van der Waals surface area contributed by atoms with Gasteiger partial charge < -0.3 is 15.2 Å². The Morgan fingerprint density at radius 1 is 1.38 bits per heavy atom. The Bertz CT molecular complexity index is 550. The molecule has 2 amide bonds. The zero-order chi connectivity index (χ0) is 15.2. The molecule has 1 saturated heterocycles. The number of nitrogens with two attached hydrogens (primary N) is 1. The van der Waals surface area contributed by atoms with Gasteiger partial charge in [0.2, 0.25) is 11.8 Å². The molecular formula is C15H20N4O2. The Morgan fingerprint density at radius 2 is 2.10 bits per heavy atom. The van der Waals surface area contributed by atoms with Gasteiger partial charge in [0.1, 0.15) is 11.8 Å². The molecule has 2 N–H and O–H groups in total. The normalized spacial score (nSPS) is 15.7. The second-order valence-electron chi connectivity index (χ2n) is 5.36. The summed E-state index contributed by atoms with van der Waals surface area (Å²) >= 11 is 0. The lowest BCUT2D eigenvalue weighted by Gasteiger charge is -2.30. The van der Waals surface area contributed by atoms with Crippen molar-refractivity contribution in [2.45, 2.75) is 32.2 Å². The van der Waals surface area contributed by atoms with Gasteiger partial charge >= 0.3 is 0 Å². The third kappa shape index (κ3) is 3.85. The van der Waals surface area contributed by atoms with E-state index in [0.29, 0.717) is 51.0 Å². The molecule has 1 aliphatic heterocycles. The fraction of sp³-hybridized carbons (Fsp3) is 0.533. The Kier molecular flexibility index (Phi) is 4.99. The number of aryl methyl sites for hydroxylation is 1. The molecule has 2 heterocycles. The summed E-state index contributed by atoms with van der Waals surface area (Å²) in [6, 6.07) is 5.71. The second-order valence-corrected chi connectivity index (χ2v) is 5.36. The summed E-state index contributed by atoms with van der Waals surface area (Å²) in [5, 5.41) is 8.91. The molecule has 0 atom stereocenters. The lowest BCUT2D eigenvalue weighted by Crippen LogP contribution is -2.41. The first-order valence-corrected chi connectivity index (χ1v) is 7.24. The molecule has 112 valence electrons. The van der Waals surface area contributed by atoms with E-state index in [1.54, 1.807) is 11.0 Å². The van der Waals surface area contributed by atoms with Crippen molar-refractivity contribution in [3.8, 4) is 6.07 Å². The number of hydrogen-bond acceptors (Lipinski definition) is 3. The zero-order valence-corrected chi connectivity index (χ0v) is 12.0. The molecule has 0 radical (unpaired) electrons. The van der Waals surface area contributed by atoms with Crippen molar-refractivity contribution >= 4 is 11.8 Å². The number of nitrogens with zero attached hydrogens (tertiary/aromatic N) is 3. The molecule has 0 bridgehead atoms. The van der Waals surface area contributed by atoms with E-state index < -0.39 is 0 Å². The molecule has 0 aliphatic carbocycles. The van der Waals surface area contributed by atoms with Gasteiger partial charge in [-0.15, -0.1) is 0 Å². The lowest BCUT2D eigenvalue weighted by atomic mass is 9.96. The number of primary amides is 1. The van der Waals surface area contributed by atoms with Gasteiger partial charge in [0.05, 0.1) is 0 Å². The summed E-state index contributed by atoms with van der Waals surface area (Å²) in [7, 11) is 0. The van der Waals surface area contributed by atoms with E-state index in [1.165, 1.54) is 0 Å². The van der Waals surface area contributed by atoms with Crippen LogP contribution in [0.15, 0.2) is 18.3 Å². The molecule has 1 aromatic heterocycles. The van der Waals surface area contributed by atoms with Gasteiger partial charge in [0.15, 0.2) is 0 Å². The average Bonchev–Trinajstić information content (AvgIpc) is 2.94. The van der Waals surface area contributed by atoms with Crippen LogP contribution in [0.1, 0.15) is 31.4 Å². The summed E-state index contributed by atoms with van der Waals surface area (Å²) < 4.78 is 1.85. The van der Waals surface area contributed by atoms with Gasteiger partial charge in [-0.2, -0.15) is 5.26 Å². The van der Waals surface area contributed by atoms with E-state index in [4.69, 9.17) is 11.0 Å². The fourth-order valence-corrected chi connectivity index (χ4v) is 2.68. The summed E-state index contributed by atoms with van der Waals surface area (Å²) in [4.78, 5) is 25.0. The van der Waals surface area contributed by atoms with Crippen LogP contribution < -0.4 is 5.73 Å². The number of piperidine rings is 1. The summed E-state index contributed by atoms with van der Waals surface area (Å²) in [6.07, 6.45) is 4.35. The number of nitriles is 1. The van der Waals surface area contributed by atoms with Crippen molar-refractivity contribution in [1.29, 1.82) is 5.26 Å². The Balaban J connectivity index is 1.73. The number of aromatic nitrogens is 1. The van der Waals surface area contributed by atoms with Crippen LogP contribution in [0.4, 0.5) is 0 Å². The molecule has 0 aromatic carbocycles. The van der Waals surface area contributed by atoms with Crippen LogP contribution in [-0.2, 0) is 16.1 Å². The average molecular weight is 288 g/mol. The quantitative estimate of drug-likeness (QED) is 0.871. The third-order valence-electron chi connectivity index (χ3n) is 3.98. The van der Waals surface area contributed by atoms with Crippen LogP contribution in [0.25, 0.3) is 0 Å². The molecular weight excluding hydrogens is 268 g/mol. The molecule has 1 fully saturated rings. The predicted molar refractivity (Wildman–Crippen MR) is 76.9 cm³/mol. The minimum absolute atomic E-state index is 0.0906. The highest BCUT2D eigenvalue weighted by Gasteiger charge is 2.25. The van der Waals surface area contributed by atoms with E-state index in [-0.39, 0.29) is 17.7 Å². The SMILES string of the molecule is N#Cc1cccn1CCCC(=O)N1CCC(C(N)=O)CC1. The summed E-state index contributed by atoms with van der Waals surface area (Å²) in [5.74, 6) is -0.241. The molecule has 1 aliphatic rings. The summed E-state index contributed by atoms with van der Waals surface area (Å²) in [5.41, 5.74) is 5.89. The minimum atomic E-state index is -0.265. The predicted octanol–water partition coefficient (Wildman–Crippen LogP) is 0.864. The van der Waals surface area contributed by atoms with Crippen molar-refractivity contribution in [3.63, 3.8) is 0 Å². The van der Waals surface area contributed by atoms with E-state index >= 15 is 0 Å². The van der Waals surface area contributed by atoms with E-state index in [9.17, 15) is 9.59 Å². The van der Waals surface area contributed by atoms with E-state index in [1.807, 2.05) is 16.8 Å². The number of likely N-dealkylation sites (tertiary alicyclic amines) is 1. The standard InChI is InChI=1S/C15H20N4O2/c16-11-13-3-1-7-18(13)8-2-4-14(20)19-9-5-12(6-10-19)15(17)21/h1,3,7,12H,2,4-6,8-10H2,(H2,17,21). The van der Waals surface area contributed by atoms with Crippen LogP contribution in [0.3, 0.4) is 0 Å². The lowest BCUT2D eigenvalue weighted by molar-refractivity contribution is -0.135. The van der Waals surface area contributed by atoms with Crippen molar-refractivity contribution < 1.29 is 9.59 Å². The maximum atomic E-state index is 12.1. The zero-order valence-electron chi connectivity index (χ0n) is 12.0. The van der Waals surface area contributed by atoms with Crippen LogP contribution in [0.2, 0.25) is 0 Å². The molecule has 2 rings (SSSR count). The molecule has 0 spiro atoms. The number of hydrogen-bond donors (Lipinski definition) is 1. The topological polar surface area (TPSA) is 92.1 Å². The third-order valence-corrected chi connectivity index (χ3v) is 3.98. The maximum absolute atomic E-state index is 12.1. The molecule has 0 unspecified atom stereocenters. The first kappa shape index (κ1) is 15.1. The molecule has 21 heavy (non-hydrogen) atoms. The minimum Gasteiger partial charge on any atom is -0.369 e. The molecule has 6 nitrogen and oxygen atoms in total. The second kappa shape index (κ2) is 6.93. The highest BCUT2D eigenvalue weighted by molar-refractivity contribution is 5.78. The first-order chi connectivity index (χ1) is 10.1. The van der Waals surface area contributed by atoms with Gasteiger partial charge in [0, 0.05) is 38.2 Å². The van der Waals surface area contributed by atoms with Gasteiger partial charge in [-0.1, -0.05) is 0 Å². The Hall–Kier alpha value is -2.29. The highest BCUT2D eigenvalue weighted by atomic mass is 16.2. The van der Waals surface area contributed by atoms with Gasteiger partial charge in [-0.3, -0.25) is 9.59 Å². The monoisotopic (exact) mass is 288 g/mol. The van der Waals surface area contributed by atoms with Crippen molar-refractivity contribution in [2.75, 3.05) is 13.1 Å². The molecule has 6 heteroatoms. The number of carbonyl (C=O) groups excluding carboxylic acids is 2. The molecule has 0 saturated carbocycles. The van der Waals surface area contributed by atoms with Crippen molar-refractivity contribution in [1.82, 2.24) is 9.47 Å². The van der Waals surface area contributed by atoms with Gasteiger partial charge in [-0.25, -0.2) is 0 Å². The number of carbonyl (C=O) groups is 2. The number of amides is 2. The first-order valence-electron chi connectivity index (χ1n) is 7.24. The maximum Gasteiger partial charge on any atom is 0.222 e. The summed E-state index contributed by atoms with van der Waals surface area (Å²) in [6.45, 7) is 1.89. The van der Waals surface area contributed by atoms with Crippen LogP contribution in [-0.4, -0.2) is 34.4 Å². The fourth-order valence-electron chi connectivity index (χ4n) is 2.68. The van der Waals surface area contributed by atoms with Crippen LogP contribution >= 0.6 is 0 Å². The van der Waals surface area contributed by atoms with Crippen LogP contribution in [0.5, 0.6) is 0 Å². The van der Waals surface area contributed by atoms with E-state index in [2.05, 4.69) is 6.07 Å². The molecule has 1 aromatic rings. The Morgan fingerprint density at radius 3 is 2.71 bits per heavy atom. The largest absolute Gasteiger partial charge is 0.369 e.